The second-order valence-corrected chi connectivity index (χ2v) is 7.90. The minimum absolute atomic E-state index is 0.462. The van der Waals surface area contributed by atoms with Crippen LogP contribution in [0.25, 0.3) is 0 Å². The summed E-state index contributed by atoms with van der Waals surface area (Å²) in [5.74, 6) is 1.01. The molecule has 0 bridgehead atoms. The van der Waals surface area contributed by atoms with Crippen LogP contribution in [0.5, 0.6) is 5.75 Å². The highest BCUT2D eigenvalue weighted by molar-refractivity contribution is 5.84. The van der Waals surface area contributed by atoms with Crippen LogP contribution in [0.2, 0.25) is 0 Å². The maximum absolute atomic E-state index is 10.9. The van der Waals surface area contributed by atoms with Gasteiger partial charge in [0.2, 0.25) is 0 Å². The molecule has 1 aromatic carbocycles. The van der Waals surface area contributed by atoms with Gasteiger partial charge in [0.25, 0.3) is 0 Å². The van der Waals surface area contributed by atoms with Gasteiger partial charge in [0.1, 0.15) is 5.75 Å². The lowest BCUT2D eigenvalue weighted by molar-refractivity contribution is 0.423. The van der Waals surface area contributed by atoms with Crippen LogP contribution in [0.3, 0.4) is 0 Å². The summed E-state index contributed by atoms with van der Waals surface area (Å²) in [5, 5.41) is 10.9. The van der Waals surface area contributed by atoms with Gasteiger partial charge in [-0.3, -0.25) is 4.99 Å². The third-order valence-corrected chi connectivity index (χ3v) is 5.86. The van der Waals surface area contributed by atoms with Crippen molar-refractivity contribution in [3.05, 3.63) is 28.8 Å². The van der Waals surface area contributed by atoms with Gasteiger partial charge in [0.05, 0.1) is 0 Å². The SMILES string of the molecule is Cc1cc(C=NC2CCCCC2)c(O)c(C2CCCCCCC2)c1. The molecule has 0 radical (unpaired) electrons. The predicted molar refractivity (Wildman–Crippen MR) is 102 cm³/mol. The number of phenolic OH excluding ortho intramolecular Hbond substituents is 1. The van der Waals surface area contributed by atoms with E-state index >= 15 is 0 Å². The van der Waals surface area contributed by atoms with E-state index in [1.165, 1.54) is 88.2 Å². The van der Waals surface area contributed by atoms with Crippen LogP contribution in [0.15, 0.2) is 17.1 Å². The van der Waals surface area contributed by atoms with Crippen molar-refractivity contribution in [1.82, 2.24) is 0 Å². The Morgan fingerprint density at radius 3 is 2.17 bits per heavy atom. The van der Waals surface area contributed by atoms with Gasteiger partial charge in [-0.2, -0.15) is 0 Å². The van der Waals surface area contributed by atoms with Gasteiger partial charge in [0, 0.05) is 17.8 Å². The van der Waals surface area contributed by atoms with Crippen molar-refractivity contribution in [2.45, 2.75) is 95.9 Å². The average Bonchev–Trinajstić information content (AvgIpc) is 2.56. The third-order valence-electron chi connectivity index (χ3n) is 5.86. The number of hydrogen-bond donors (Lipinski definition) is 1. The van der Waals surface area contributed by atoms with Crippen molar-refractivity contribution in [3.63, 3.8) is 0 Å². The summed E-state index contributed by atoms with van der Waals surface area (Å²) in [7, 11) is 0. The monoisotopic (exact) mass is 327 g/mol. The van der Waals surface area contributed by atoms with E-state index in [0.29, 0.717) is 17.7 Å². The zero-order valence-corrected chi connectivity index (χ0v) is 15.3. The fraction of sp³-hybridized carbons (Fsp3) is 0.682. The molecular weight excluding hydrogens is 294 g/mol. The van der Waals surface area contributed by atoms with Gasteiger partial charge in [-0.05, 0) is 55.7 Å². The van der Waals surface area contributed by atoms with E-state index in [1.54, 1.807) is 0 Å². The standard InChI is InChI=1S/C22H33NO/c1-17-14-19(16-23-20-12-8-5-9-13-20)22(24)21(15-17)18-10-6-3-2-4-7-11-18/h14-16,18,20,24H,2-13H2,1H3. The third kappa shape index (κ3) is 4.62. The number of benzene rings is 1. The predicted octanol–water partition coefficient (Wildman–Crippen LogP) is 6.28. The van der Waals surface area contributed by atoms with Crippen molar-refractivity contribution in [2.75, 3.05) is 0 Å². The Bertz CT molecular complexity index is 549. The first-order valence-electron chi connectivity index (χ1n) is 10.1. The summed E-state index contributed by atoms with van der Waals surface area (Å²) in [6, 6.07) is 4.76. The van der Waals surface area contributed by atoms with Gasteiger partial charge in [0.15, 0.2) is 0 Å². The van der Waals surface area contributed by atoms with Crippen LogP contribution < -0.4 is 0 Å². The molecule has 2 aliphatic rings. The number of aryl methyl sites for hydroxylation is 1. The second-order valence-electron chi connectivity index (χ2n) is 7.90. The largest absolute Gasteiger partial charge is 0.507 e. The molecule has 0 saturated heterocycles. The van der Waals surface area contributed by atoms with E-state index in [-0.39, 0.29) is 0 Å². The molecule has 2 saturated carbocycles. The lowest BCUT2D eigenvalue weighted by Gasteiger charge is -2.22. The minimum Gasteiger partial charge on any atom is -0.507 e. The van der Waals surface area contributed by atoms with Crippen LogP contribution in [0.4, 0.5) is 0 Å². The van der Waals surface area contributed by atoms with Crippen LogP contribution in [0.1, 0.15) is 99.7 Å². The second kappa shape index (κ2) is 8.69. The fourth-order valence-corrected chi connectivity index (χ4v) is 4.43. The molecule has 24 heavy (non-hydrogen) atoms. The normalized spacial score (nSPS) is 21.7. The molecule has 2 heteroatoms. The van der Waals surface area contributed by atoms with Crippen LogP contribution in [-0.4, -0.2) is 17.4 Å². The molecule has 2 nitrogen and oxygen atoms in total. The highest BCUT2D eigenvalue weighted by atomic mass is 16.3. The molecule has 2 fully saturated rings. The summed E-state index contributed by atoms with van der Waals surface area (Å²) in [6.07, 6.45) is 17.4. The lowest BCUT2D eigenvalue weighted by Crippen LogP contribution is -2.10. The Kier molecular flexibility index (Phi) is 6.34. The van der Waals surface area contributed by atoms with Gasteiger partial charge in [-0.25, -0.2) is 0 Å². The minimum atomic E-state index is 0.462. The van der Waals surface area contributed by atoms with Crippen molar-refractivity contribution in [1.29, 1.82) is 0 Å². The molecule has 2 aliphatic carbocycles. The first-order valence-corrected chi connectivity index (χ1v) is 10.1. The van der Waals surface area contributed by atoms with Gasteiger partial charge in [-0.15, -0.1) is 0 Å². The van der Waals surface area contributed by atoms with E-state index in [2.05, 4.69) is 19.1 Å². The number of rotatable bonds is 3. The number of aromatic hydroxyl groups is 1. The molecule has 1 N–H and O–H groups in total. The lowest BCUT2D eigenvalue weighted by atomic mass is 9.84. The van der Waals surface area contributed by atoms with Crippen LogP contribution in [0, 0.1) is 6.92 Å². The Morgan fingerprint density at radius 2 is 1.46 bits per heavy atom. The van der Waals surface area contributed by atoms with Gasteiger partial charge in [-0.1, -0.05) is 57.4 Å². The van der Waals surface area contributed by atoms with Crippen LogP contribution in [-0.2, 0) is 0 Å². The van der Waals surface area contributed by atoms with E-state index in [1.807, 2.05) is 6.21 Å². The Morgan fingerprint density at radius 1 is 0.875 bits per heavy atom. The van der Waals surface area contributed by atoms with Crippen molar-refractivity contribution >= 4 is 6.21 Å². The Balaban J connectivity index is 1.79. The summed E-state index contributed by atoms with van der Waals surface area (Å²) >= 11 is 0. The maximum atomic E-state index is 10.9. The zero-order valence-electron chi connectivity index (χ0n) is 15.3. The summed E-state index contributed by atoms with van der Waals surface area (Å²) in [5.41, 5.74) is 3.34. The molecule has 0 heterocycles. The number of phenols is 1. The van der Waals surface area contributed by atoms with Crippen molar-refractivity contribution in [2.24, 2.45) is 4.99 Å². The molecule has 132 valence electrons. The molecule has 1 aromatic rings. The van der Waals surface area contributed by atoms with Crippen LogP contribution >= 0.6 is 0 Å². The molecular formula is C22H33NO. The fourth-order valence-electron chi connectivity index (χ4n) is 4.43. The number of hydrogen-bond acceptors (Lipinski definition) is 2. The first-order chi connectivity index (χ1) is 11.7. The molecule has 0 amide bonds. The van der Waals surface area contributed by atoms with Crippen molar-refractivity contribution in [3.8, 4) is 5.75 Å². The highest BCUT2D eigenvalue weighted by Crippen LogP contribution is 2.37. The Hall–Kier alpha value is -1.31. The molecule has 0 aliphatic heterocycles. The topological polar surface area (TPSA) is 32.6 Å². The molecule has 3 rings (SSSR count). The highest BCUT2D eigenvalue weighted by Gasteiger charge is 2.19. The quantitative estimate of drug-likeness (QED) is 0.651. The molecule has 0 atom stereocenters. The van der Waals surface area contributed by atoms with E-state index in [9.17, 15) is 5.11 Å². The molecule has 0 unspecified atom stereocenters. The van der Waals surface area contributed by atoms with Gasteiger partial charge < -0.3 is 5.11 Å². The van der Waals surface area contributed by atoms with E-state index in [0.717, 1.165) is 5.56 Å². The van der Waals surface area contributed by atoms with Crippen molar-refractivity contribution < 1.29 is 5.11 Å². The van der Waals surface area contributed by atoms with E-state index in [4.69, 9.17) is 4.99 Å². The summed E-state index contributed by atoms with van der Waals surface area (Å²) in [6.45, 7) is 2.14. The number of aliphatic imine (C=N–C) groups is 1. The maximum Gasteiger partial charge on any atom is 0.127 e. The zero-order chi connectivity index (χ0) is 16.8. The van der Waals surface area contributed by atoms with Gasteiger partial charge >= 0.3 is 0 Å². The Labute approximate surface area is 147 Å². The molecule has 0 spiro atoms. The first kappa shape index (κ1) is 17.5. The smallest absolute Gasteiger partial charge is 0.127 e. The summed E-state index contributed by atoms with van der Waals surface area (Å²) < 4.78 is 0. The average molecular weight is 328 g/mol. The molecule has 0 aromatic heterocycles. The van der Waals surface area contributed by atoms with E-state index < -0.39 is 0 Å². The summed E-state index contributed by atoms with van der Waals surface area (Å²) in [4.78, 5) is 4.79. The number of nitrogens with zero attached hydrogens (tertiary/aromatic N) is 1.